The Labute approximate surface area is 248 Å². The zero-order valence-electron chi connectivity index (χ0n) is 16.1. The fourth-order valence-corrected chi connectivity index (χ4v) is 22.7. The first-order chi connectivity index (χ1) is 15.8. The molecule has 0 N–H and O–H groups in total. The van der Waals surface area contributed by atoms with Gasteiger partial charge in [0, 0.05) is 34.5 Å². The Morgan fingerprint density at radius 3 is 1.22 bits per heavy atom. The second kappa shape index (κ2) is 12.5. The van der Waals surface area contributed by atoms with Gasteiger partial charge in [-0.2, -0.15) is 0 Å². The Kier molecular flexibility index (Phi) is 9.97. The number of thioether (sulfide) groups is 14. The van der Waals surface area contributed by atoms with E-state index in [1.54, 1.807) is 16.9 Å². The molecule has 6 aliphatic rings. The highest BCUT2D eigenvalue weighted by molar-refractivity contribution is 8.45. The first-order valence-electron chi connectivity index (χ1n) is 9.36. The van der Waals surface area contributed by atoms with Crippen LogP contribution in [0.4, 0.5) is 0 Å². The summed E-state index contributed by atoms with van der Waals surface area (Å²) in [6.07, 6.45) is 0. The van der Waals surface area contributed by atoms with Crippen LogP contribution in [0, 0.1) is 0 Å². The predicted molar refractivity (Wildman–Crippen MR) is 180 cm³/mol. The SMILES string of the molecule is C1=C(SCCSC2=CSC(=C3SC4=C(SCCS4)S3)S2)SC(=C2SC3=C(SCCS3)S2)S1. The van der Waals surface area contributed by atoms with E-state index in [0.717, 1.165) is 0 Å². The average Bonchev–Trinajstić information content (AvgIpc) is 3.61. The normalized spacial score (nSPS) is 25.8. The largest absolute Gasteiger partial charge is 0.118 e. The van der Waals surface area contributed by atoms with Gasteiger partial charge in [0.15, 0.2) is 0 Å². The van der Waals surface area contributed by atoms with E-state index in [2.05, 4.69) is 10.8 Å². The molecule has 0 saturated carbocycles. The van der Waals surface area contributed by atoms with Crippen LogP contribution in [-0.4, -0.2) is 34.5 Å². The topological polar surface area (TPSA) is 0 Å². The lowest BCUT2D eigenvalue weighted by atomic mass is 11.0. The van der Waals surface area contributed by atoms with Crippen LogP contribution in [0.15, 0.2) is 53.2 Å². The molecule has 6 aliphatic heterocycles. The van der Waals surface area contributed by atoms with Crippen LogP contribution >= 0.6 is 165 Å². The fourth-order valence-electron chi connectivity index (χ4n) is 2.68. The second-order valence-electron chi connectivity index (χ2n) is 6.11. The van der Waals surface area contributed by atoms with E-state index in [9.17, 15) is 0 Å². The maximum absolute atomic E-state index is 2.36. The number of hydrogen-bond donors (Lipinski definition) is 0. The lowest BCUT2D eigenvalue weighted by molar-refractivity contribution is 1.56. The lowest BCUT2D eigenvalue weighted by Gasteiger charge is -2.08. The van der Waals surface area contributed by atoms with Crippen molar-refractivity contribution in [2.45, 2.75) is 0 Å². The van der Waals surface area contributed by atoms with Gasteiger partial charge in [-0.1, -0.05) is 94.1 Å². The third-order valence-corrected chi connectivity index (χ3v) is 24.3. The van der Waals surface area contributed by atoms with Crippen molar-refractivity contribution in [1.29, 1.82) is 0 Å². The molecule has 6 rings (SSSR count). The van der Waals surface area contributed by atoms with Gasteiger partial charge in [0.25, 0.3) is 0 Å². The van der Waals surface area contributed by atoms with Gasteiger partial charge in [-0.15, -0.1) is 70.6 Å². The van der Waals surface area contributed by atoms with Gasteiger partial charge in [-0.3, -0.25) is 0 Å². The Hall–Kier alpha value is 3.34. The van der Waals surface area contributed by atoms with Crippen molar-refractivity contribution in [2.24, 2.45) is 0 Å². The lowest BCUT2D eigenvalue weighted by Crippen LogP contribution is -1.88. The van der Waals surface area contributed by atoms with E-state index in [1.807, 2.05) is 165 Å². The molecule has 0 saturated heterocycles. The standard InChI is InChI=1S/C18H14S14/c1(19-9-7-25-15(27-9)17-29-11-12(30-17)22-4-3-21-11)2-20-10-8-26-16(28-10)18-31-13-14(32-18)24-6-5-23-13/h7-8H,1-6H2. The van der Waals surface area contributed by atoms with Crippen molar-refractivity contribution in [3.63, 3.8) is 0 Å². The minimum atomic E-state index is 1.18. The summed E-state index contributed by atoms with van der Waals surface area (Å²) in [5.41, 5.74) is 0. The van der Waals surface area contributed by atoms with Crippen LogP contribution in [0.1, 0.15) is 0 Å². The summed E-state index contributed by atoms with van der Waals surface area (Å²) in [7, 11) is 0. The molecule has 0 nitrogen and oxygen atoms in total. The molecule has 0 unspecified atom stereocenters. The van der Waals surface area contributed by atoms with E-state index in [4.69, 9.17) is 0 Å². The van der Waals surface area contributed by atoms with Crippen LogP contribution in [0.5, 0.6) is 0 Å². The summed E-state index contributed by atoms with van der Waals surface area (Å²) in [5.74, 6) is 7.40. The molecule has 32 heavy (non-hydrogen) atoms. The average molecular weight is 679 g/mol. The van der Waals surface area contributed by atoms with Crippen LogP contribution in [0.3, 0.4) is 0 Å². The van der Waals surface area contributed by atoms with E-state index < -0.39 is 0 Å². The first-order valence-corrected chi connectivity index (χ1v) is 21.9. The van der Waals surface area contributed by atoms with E-state index >= 15 is 0 Å². The zero-order chi connectivity index (χ0) is 21.3. The van der Waals surface area contributed by atoms with Gasteiger partial charge in [-0.25, -0.2) is 0 Å². The van der Waals surface area contributed by atoms with Crippen molar-refractivity contribution in [2.75, 3.05) is 34.5 Å². The van der Waals surface area contributed by atoms with E-state index in [-0.39, 0.29) is 0 Å². The molecule has 14 heteroatoms. The molecule has 0 amide bonds. The summed E-state index contributed by atoms with van der Waals surface area (Å²) in [4.78, 5) is 0. The molecule has 0 bridgehead atoms. The molecule has 0 aromatic carbocycles. The van der Waals surface area contributed by atoms with Crippen LogP contribution < -0.4 is 0 Å². The Balaban J connectivity index is 0.925. The van der Waals surface area contributed by atoms with E-state index in [0.29, 0.717) is 0 Å². The van der Waals surface area contributed by atoms with Gasteiger partial charge in [0.05, 0.1) is 42.4 Å². The number of rotatable bonds is 5. The van der Waals surface area contributed by atoms with Crippen molar-refractivity contribution in [3.8, 4) is 0 Å². The molecule has 0 aliphatic carbocycles. The Morgan fingerprint density at radius 1 is 0.469 bits per heavy atom. The van der Waals surface area contributed by atoms with Crippen molar-refractivity contribution >= 4 is 165 Å². The van der Waals surface area contributed by atoms with Crippen molar-refractivity contribution in [3.05, 3.63) is 53.2 Å². The Morgan fingerprint density at radius 2 is 0.844 bits per heavy atom. The summed E-state index contributed by atoms with van der Waals surface area (Å²) in [6.45, 7) is 0. The highest BCUT2D eigenvalue weighted by Crippen LogP contribution is 2.66. The fraction of sp³-hybridized carbons (Fsp3) is 0.333. The zero-order valence-corrected chi connectivity index (χ0v) is 27.5. The quantitative estimate of drug-likeness (QED) is 0.253. The summed E-state index contributed by atoms with van der Waals surface area (Å²) >= 11 is 28.1. The smallest absolute Gasteiger partial charge is 0.0717 e. The summed E-state index contributed by atoms with van der Waals surface area (Å²) < 4.78 is 15.1. The molecule has 0 radical (unpaired) electrons. The monoisotopic (exact) mass is 678 g/mol. The summed E-state index contributed by atoms with van der Waals surface area (Å²) in [6, 6.07) is 0. The molecule has 0 spiro atoms. The van der Waals surface area contributed by atoms with E-state index in [1.165, 1.54) is 59.9 Å². The van der Waals surface area contributed by atoms with Gasteiger partial charge >= 0.3 is 0 Å². The highest BCUT2D eigenvalue weighted by atomic mass is 32.3. The molecule has 0 atom stereocenters. The minimum absolute atomic E-state index is 1.18. The minimum Gasteiger partial charge on any atom is -0.118 e. The van der Waals surface area contributed by atoms with Gasteiger partial charge < -0.3 is 0 Å². The second-order valence-corrected chi connectivity index (χ2v) is 23.3. The highest BCUT2D eigenvalue weighted by Gasteiger charge is 2.30. The van der Waals surface area contributed by atoms with Crippen LogP contribution in [0.25, 0.3) is 0 Å². The third kappa shape index (κ3) is 6.31. The van der Waals surface area contributed by atoms with Gasteiger partial charge in [-0.05, 0) is 10.8 Å². The molecule has 0 fully saturated rings. The predicted octanol–water partition coefficient (Wildman–Crippen LogP) is 11.4. The first kappa shape index (κ1) is 25.6. The number of hydrogen-bond acceptors (Lipinski definition) is 14. The van der Waals surface area contributed by atoms with Crippen LogP contribution in [-0.2, 0) is 0 Å². The van der Waals surface area contributed by atoms with Crippen molar-refractivity contribution < 1.29 is 0 Å². The summed E-state index contributed by atoms with van der Waals surface area (Å²) in [5, 5.41) is 4.73. The van der Waals surface area contributed by atoms with Gasteiger partial charge in [0.2, 0.25) is 0 Å². The Bertz CT molecular complexity index is 879. The third-order valence-electron chi connectivity index (χ3n) is 3.99. The molecular formula is C18H14S14. The van der Waals surface area contributed by atoms with Crippen molar-refractivity contribution in [1.82, 2.24) is 0 Å². The molecular weight excluding hydrogens is 665 g/mol. The van der Waals surface area contributed by atoms with Gasteiger partial charge in [0.1, 0.15) is 0 Å². The maximum atomic E-state index is 2.36. The molecule has 0 aromatic rings. The molecule has 170 valence electrons. The molecule has 0 aromatic heterocycles. The van der Waals surface area contributed by atoms with Crippen LogP contribution in [0.2, 0.25) is 0 Å². The molecule has 6 heterocycles. The maximum Gasteiger partial charge on any atom is 0.0717 e.